The first-order valence-electron chi connectivity index (χ1n) is 11.9. The summed E-state index contributed by atoms with van der Waals surface area (Å²) in [5.74, 6) is -1.87. The van der Waals surface area contributed by atoms with Gasteiger partial charge in [0, 0.05) is 26.2 Å². The van der Waals surface area contributed by atoms with Gasteiger partial charge >= 0.3 is 5.97 Å². The average Bonchev–Trinajstić information content (AvgIpc) is 2.89. The SMILES string of the molecule is COCC(COC)N(C(=O)C1CCCCC1)c1cc(F)c(OCc2ccccc2)cc1C(=O)OC. The van der Waals surface area contributed by atoms with Crippen molar-refractivity contribution in [1.82, 2.24) is 0 Å². The van der Waals surface area contributed by atoms with Gasteiger partial charge < -0.3 is 23.8 Å². The molecule has 2 aromatic carbocycles. The summed E-state index contributed by atoms with van der Waals surface area (Å²) in [6.07, 6.45) is 4.48. The molecule has 35 heavy (non-hydrogen) atoms. The second kappa shape index (κ2) is 13.2. The number of ether oxygens (including phenoxy) is 4. The third kappa shape index (κ3) is 6.80. The number of hydrogen-bond donors (Lipinski definition) is 0. The van der Waals surface area contributed by atoms with Crippen LogP contribution in [0.25, 0.3) is 0 Å². The van der Waals surface area contributed by atoms with Crippen LogP contribution in [0.5, 0.6) is 5.75 Å². The number of halogens is 1. The maximum atomic E-state index is 15.3. The van der Waals surface area contributed by atoms with Crippen LogP contribution in [0.1, 0.15) is 48.0 Å². The molecule has 0 N–H and O–H groups in total. The Kier molecular flexibility index (Phi) is 10.0. The van der Waals surface area contributed by atoms with E-state index in [-0.39, 0.29) is 48.6 Å². The topological polar surface area (TPSA) is 74.3 Å². The second-order valence-corrected chi connectivity index (χ2v) is 8.67. The molecule has 3 rings (SSSR count). The smallest absolute Gasteiger partial charge is 0.340 e. The Morgan fingerprint density at radius 3 is 2.26 bits per heavy atom. The maximum absolute atomic E-state index is 15.3. The largest absolute Gasteiger partial charge is 0.486 e. The minimum absolute atomic E-state index is 0.0401. The third-order valence-corrected chi connectivity index (χ3v) is 6.23. The number of esters is 1. The minimum Gasteiger partial charge on any atom is -0.486 e. The maximum Gasteiger partial charge on any atom is 0.340 e. The first-order valence-corrected chi connectivity index (χ1v) is 11.9. The van der Waals surface area contributed by atoms with Gasteiger partial charge in [0.1, 0.15) is 6.61 Å². The molecule has 1 saturated carbocycles. The summed E-state index contributed by atoms with van der Waals surface area (Å²) >= 11 is 0. The van der Waals surface area contributed by atoms with Crippen molar-refractivity contribution in [3.05, 3.63) is 59.4 Å². The molecule has 0 bridgehead atoms. The molecule has 0 saturated heterocycles. The minimum atomic E-state index is -0.695. The van der Waals surface area contributed by atoms with E-state index in [4.69, 9.17) is 18.9 Å². The first kappa shape index (κ1) is 26.6. The van der Waals surface area contributed by atoms with Crippen molar-refractivity contribution >= 4 is 17.6 Å². The standard InChI is InChI=1S/C27H34FNO6/c1-32-17-21(18-33-2)29(26(30)20-12-8-5-9-13-20)24-15-23(28)25(14-22(24)27(31)34-3)35-16-19-10-6-4-7-11-19/h4,6-7,10-11,14-15,20-21H,5,8-9,12-13,16-18H2,1-3H3. The summed E-state index contributed by atoms with van der Waals surface area (Å²) in [5.41, 5.74) is 1.01. The van der Waals surface area contributed by atoms with Crippen LogP contribution in [0, 0.1) is 11.7 Å². The molecule has 0 spiro atoms. The molecule has 7 nitrogen and oxygen atoms in total. The Balaban J connectivity index is 2.04. The van der Waals surface area contributed by atoms with E-state index in [1.165, 1.54) is 38.4 Å². The van der Waals surface area contributed by atoms with Crippen LogP contribution >= 0.6 is 0 Å². The molecule has 0 radical (unpaired) electrons. The van der Waals surface area contributed by atoms with E-state index in [9.17, 15) is 9.59 Å². The van der Waals surface area contributed by atoms with Crippen molar-refractivity contribution in [3.8, 4) is 5.75 Å². The molecule has 0 aliphatic heterocycles. The van der Waals surface area contributed by atoms with Crippen LogP contribution in [0.15, 0.2) is 42.5 Å². The fourth-order valence-corrected chi connectivity index (χ4v) is 4.49. The molecule has 1 aliphatic carbocycles. The van der Waals surface area contributed by atoms with Gasteiger partial charge in [-0.1, -0.05) is 49.6 Å². The van der Waals surface area contributed by atoms with Gasteiger partial charge in [-0.3, -0.25) is 4.79 Å². The highest BCUT2D eigenvalue weighted by atomic mass is 19.1. The Hall–Kier alpha value is -2.97. The molecular weight excluding hydrogens is 453 g/mol. The van der Waals surface area contributed by atoms with Gasteiger partial charge in [0.05, 0.1) is 37.6 Å². The van der Waals surface area contributed by atoms with E-state index in [2.05, 4.69) is 0 Å². The van der Waals surface area contributed by atoms with Gasteiger partial charge in [-0.05, 0) is 24.5 Å². The predicted molar refractivity (Wildman–Crippen MR) is 130 cm³/mol. The lowest BCUT2D eigenvalue weighted by Gasteiger charge is -2.36. The zero-order chi connectivity index (χ0) is 25.2. The molecule has 0 unspecified atom stereocenters. The van der Waals surface area contributed by atoms with Crippen molar-refractivity contribution in [2.75, 3.05) is 39.4 Å². The molecule has 1 aliphatic rings. The molecule has 2 aromatic rings. The number of carbonyl (C=O) groups is 2. The lowest BCUT2D eigenvalue weighted by atomic mass is 9.87. The summed E-state index contributed by atoms with van der Waals surface area (Å²) in [6, 6.07) is 11.2. The van der Waals surface area contributed by atoms with Gasteiger partial charge in [0.2, 0.25) is 5.91 Å². The van der Waals surface area contributed by atoms with Gasteiger partial charge in [0.15, 0.2) is 11.6 Å². The van der Waals surface area contributed by atoms with Gasteiger partial charge in [-0.25, -0.2) is 9.18 Å². The highest BCUT2D eigenvalue weighted by Crippen LogP contribution is 2.35. The molecular formula is C27H34FNO6. The zero-order valence-electron chi connectivity index (χ0n) is 20.6. The molecule has 1 fully saturated rings. The van der Waals surface area contributed by atoms with E-state index in [1.54, 1.807) is 0 Å². The van der Waals surface area contributed by atoms with Gasteiger partial charge in [-0.15, -0.1) is 0 Å². The van der Waals surface area contributed by atoms with Crippen LogP contribution in [-0.2, 0) is 25.6 Å². The summed E-state index contributed by atoms with van der Waals surface area (Å²) in [5, 5.41) is 0. The predicted octanol–water partition coefficient (Wildman–Crippen LogP) is 4.77. The number of rotatable bonds is 11. The van der Waals surface area contributed by atoms with Crippen LogP contribution < -0.4 is 9.64 Å². The van der Waals surface area contributed by atoms with Crippen LogP contribution in [-0.4, -0.2) is 52.5 Å². The molecule has 0 aromatic heterocycles. The molecule has 190 valence electrons. The van der Waals surface area contributed by atoms with Crippen LogP contribution in [0.3, 0.4) is 0 Å². The Labute approximate surface area is 206 Å². The molecule has 1 amide bonds. The van der Waals surface area contributed by atoms with Crippen molar-refractivity contribution in [3.63, 3.8) is 0 Å². The number of amides is 1. The van der Waals surface area contributed by atoms with Crippen molar-refractivity contribution < 1.29 is 32.9 Å². The average molecular weight is 488 g/mol. The third-order valence-electron chi connectivity index (χ3n) is 6.23. The van der Waals surface area contributed by atoms with E-state index < -0.39 is 17.8 Å². The number of nitrogens with zero attached hydrogens (tertiary/aromatic N) is 1. The van der Waals surface area contributed by atoms with Crippen molar-refractivity contribution in [1.29, 1.82) is 0 Å². The number of hydrogen-bond acceptors (Lipinski definition) is 6. The summed E-state index contributed by atoms with van der Waals surface area (Å²) in [4.78, 5) is 28.0. The Morgan fingerprint density at radius 2 is 1.66 bits per heavy atom. The highest BCUT2D eigenvalue weighted by Gasteiger charge is 2.35. The van der Waals surface area contributed by atoms with Crippen LogP contribution in [0.4, 0.5) is 10.1 Å². The Bertz CT molecular complexity index is 971. The van der Waals surface area contributed by atoms with Crippen LogP contribution in [0.2, 0.25) is 0 Å². The fraction of sp³-hybridized carbons (Fsp3) is 0.481. The monoisotopic (exact) mass is 487 g/mol. The second-order valence-electron chi connectivity index (χ2n) is 8.67. The summed E-state index contributed by atoms with van der Waals surface area (Å²) in [6.45, 7) is 0.431. The summed E-state index contributed by atoms with van der Waals surface area (Å²) in [7, 11) is 4.29. The number of methoxy groups -OCH3 is 3. The number of anilines is 1. The lowest BCUT2D eigenvalue weighted by Crippen LogP contribution is -2.49. The number of benzene rings is 2. The van der Waals surface area contributed by atoms with E-state index >= 15 is 4.39 Å². The van der Waals surface area contributed by atoms with Gasteiger partial charge in [0.25, 0.3) is 0 Å². The Morgan fingerprint density at radius 1 is 1.00 bits per heavy atom. The normalized spacial score (nSPS) is 14.1. The van der Waals surface area contributed by atoms with Crippen molar-refractivity contribution in [2.24, 2.45) is 5.92 Å². The van der Waals surface area contributed by atoms with E-state index in [0.29, 0.717) is 0 Å². The molecule has 0 atom stereocenters. The van der Waals surface area contributed by atoms with Crippen molar-refractivity contribution in [2.45, 2.75) is 44.8 Å². The lowest BCUT2D eigenvalue weighted by molar-refractivity contribution is -0.124. The van der Waals surface area contributed by atoms with E-state index in [0.717, 1.165) is 37.7 Å². The number of carbonyl (C=O) groups excluding carboxylic acids is 2. The quantitative estimate of drug-likeness (QED) is 0.425. The zero-order valence-corrected chi connectivity index (χ0v) is 20.6. The highest BCUT2D eigenvalue weighted by molar-refractivity contribution is 6.04. The first-order chi connectivity index (χ1) is 17.0. The fourth-order valence-electron chi connectivity index (χ4n) is 4.49. The molecule has 8 heteroatoms. The van der Waals surface area contributed by atoms with E-state index in [1.807, 2.05) is 30.3 Å². The van der Waals surface area contributed by atoms with Gasteiger partial charge in [-0.2, -0.15) is 0 Å². The molecule has 0 heterocycles. The summed E-state index contributed by atoms with van der Waals surface area (Å²) < 4.78 is 36.7.